The maximum atomic E-state index is 13.5. The molecule has 3 amide bonds. The topological polar surface area (TPSA) is 61.4 Å². The van der Waals surface area contributed by atoms with Crippen LogP contribution in [0.3, 0.4) is 0 Å². The van der Waals surface area contributed by atoms with Gasteiger partial charge in [-0.25, -0.2) is 9.18 Å². The van der Waals surface area contributed by atoms with Gasteiger partial charge in [-0.2, -0.15) is 0 Å². The minimum Gasteiger partial charge on any atom is -0.343 e. The van der Waals surface area contributed by atoms with Gasteiger partial charge in [-0.15, -0.1) is 0 Å². The van der Waals surface area contributed by atoms with Crippen molar-refractivity contribution in [3.8, 4) is 0 Å². The molecule has 2 N–H and O–H groups in total. The van der Waals surface area contributed by atoms with E-state index in [4.69, 9.17) is 0 Å². The van der Waals surface area contributed by atoms with Crippen LogP contribution in [0.5, 0.6) is 0 Å². The fourth-order valence-corrected chi connectivity index (χ4v) is 2.81. The summed E-state index contributed by atoms with van der Waals surface area (Å²) in [6.45, 7) is 5.57. The van der Waals surface area contributed by atoms with Crippen molar-refractivity contribution in [1.29, 1.82) is 0 Å². The second-order valence-electron chi connectivity index (χ2n) is 6.67. The number of amides is 3. The molecule has 1 aliphatic rings. The number of piperidine rings is 1. The lowest BCUT2D eigenvalue weighted by atomic mass is 10.0. The predicted molar refractivity (Wildman–Crippen MR) is 90.8 cm³/mol. The molecule has 6 heteroatoms. The van der Waals surface area contributed by atoms with E-state index >= 15 is 0 Å². The van der Waals surface area contributed by atoms with Crippen LogP contribution in [0.15, 0.2) is 24.3 Å². The molecule has 1 aliphatic heterocycles. The fraction of sp³-hybridized carbons (Fsp3) is 0.556. The minimum atomic E-state index is -0.324. The Labute approximate surface area is 142 Å². The van der Waals surface area contributed by atoms with E-state index in [1.807, 2.05) is 18.7 Å². The number of nitrogens with zero attached hydrogens (tertiary/aromatic N) is 1. The Hall–Kier alpha value is -2.11. The van der Waals surface area contributed by atoms with Crippen molar-refractivity contribution >= 4 is 11.9 Å². The Bertz CT molecular complexity index is 569. The SMILES string of the molecule is CC(C)CC(=O)N1CCC(NC(=O)NCc2ccccc2F)CC1. The molecule has 1 aromatic rings. The predicted octanol–water partition coefficient (Wildman–Crippen LogP) is 2.66. The number of nitrogens with one attached hydrogen (secondary N) is 2. The molecular formula is C18H26FN3O2. The maximum absolute atomic E-state index is 13.5. The summed E-state index contributed by atoms with van der Waals surface area (Å²) in [5, 5.41) is 5.57. The summed E-state index contributed by atoms with van der Waals surface area (Å²) in [7, 11) is 0. The number of benzene rings is 1. The van der Waals surface area contributed by atoms with Crippen LogP contribution in [0.2, 0.25) is 0 Å². The van der Waals surface area contributed by atoms with Crippen molar-refractivity contribution < 1.29 is 14.0 Å². The molecule has 5 nitrogen and oxygen atoms in total. The average Bonchev–Trinajstić information content (AvgIpc) is 2.54. The van der Waals surface area contributed by atoms with E-state index in [1.54, 1.807) is 18.2 Å². The molecular weight excluding hydrogens is 309 g/mol. The van der Waals surface area contributed by atoms with Gasteiger partial charge in [-0.1, -0.05) is 32.0 Å². The summed E-state index contributed by atoms with van der Waals surface area (Å²) in [5.41, 5.74) is 0.460. The van der Waals surface area contributed by atoms with Gasteiger partial charge in [0.15, 0.2) is 0 Å². The second-order valence-corrected chi connectivity index (χ2v) is 6.67. The van der Waals surface area contributed by atoms with Gasteiger partial charge in [-0.3, -0.25) is 4.79 Å². The summed E-state index contributed by atoms with van der Waals surface area (Å²) in [6, 6.07) is 6.13. The lowest BCUT2D eigenvalue weighted by molar-refractivity contribution is -0.133. The maximum Gasteiger partial charge on any atom is 0.315 e. The molecule has 0 aromatic heterocycles. The highest BCUT2D eigenvalue weighted by Crippen LogP contribution is 2.13. The Balaban J connectivity index is 1.70. The zero-order valence-electron chi connectivity index (χ0n) is 14.3. The van der Waals surface area contributed by atoms with Gasteiger partial charge in [0.05, 0.1) is 0 Å². The molecule has 0 radical (unpaired) electrons. The van der Waals surface area contributed by atoms with E-state index in [-0.39, 0.29) is 30.3 Å². The first-order chi connectivity index (χ1) is 11.5. The molecule has 2 rings (SSSR count). The van der Waals surface area contributed by atoms with Crippen LogP contribution in [-0.4, -0.2) is 36.0 Å². The molecule has 0 bridgehead atoms. The first-order valence-corrected chi connectivity index (χ1v) is 8.51. The molecule has 0 unspecified atom stereocenters. The quantitative estimate of drug-likeness (QED) is 0.869. The van der Waals surface area contributed by atoms with Crippen LogP contribution in [0.1, 0.15) is 38.7 Å². The van der Waals surface area contributed by atoms with E-state index in [0.717, 1.165) is 12.8 Å². The standard InChI is InChI=1S/C18H26FN3O2/c1-13(2)11-17(23)22-9-7-15(8-10-22)21-18(24)20-12-14-5-3-4-6-16(14)19/h3-6,13,15H,7-12H2,1-2H3,(H2,20,21,24). The third-order valence-electron chi connectivity index (χ3n) is 4.16. The third kappa shape index (κ3) is 5.51. The number of carbonyl (C=O) groups is 2. The van der Waals surface area contributed by atoms with E-state index in [2.05, 4.69) is 10.6 Å². The van der Waals surface area contributed by atoms with Gasteiger partial charge in [0.1, 0.15) is 5.82 Å². The highest BCUT2D eigenvalue weighted by atomic mass is 19.1. The lowest BCUT2D eigenvalue weighted by Gasteiger charge is -2.32. The molecule has 132 valence electrons. The largest absolute Gasteiger partial charge is 0.343 e. The first kappa shape index (κ1) is 18.2. The lowest BCUT2D eigenvalue weighted by Crippen LogP contribution is -2.49. The number of likely N-dealkylation sites (tertiary alicyclic amines) is 1. The summed E-state index contributed by atoms with van der Waals surface area (Å²) >= 11 is 0. The number of hydrogen-bond donors (Lipinski definition) is 2. The summed E-state index contributed by atoms with van der Waals surface area (Å²) in [4.78, 5) is 25.8. The summed E-state index contributed by atoms with van der Waals surface area (Å²) in [5.74, 6) is 0.222. The summed E-state index contributed by atoms with van der Waals surface area (Å²) in [6.07, 6.45) is 2.06. The number of hydrogen-bond acceptors (Lipinski definition) is 2. The average molecular weight is 335 g/mol. The molecule has 1 heterocycles. The van der Waals surface area contributed by atoms with Crippen molar-refractivity contribution in [2.45, 2.75) is 45.7 Å². The molecule has 0 atom stereocenters. The Kier molecular flexibility index (Phi) is 6.58. The van der Waals surface area contributed by atoms with Crippen molar-refractivity contribution in [2.24, 2.45) is 5.92 Å². The zero-order valence-corrected chi connectivity index (χ0v) is 14.3. The molecule has 24 heavy (non-hydrogen) atoms. The van der Waals surface area contributed by atoms with Gasteiger partial charge in [0.25, 0.3) is 0 Å². The number of rotatable bonds is 5. The van der Waals surface area contributed by atoms with Crippen LogP contribution in [0.4, 0.5) is 9.18 Å². The van der Waals surface area contributed by atoms with Crippen molar-refractivity contribution in [3.63, 3.8) is 0 Å². The van der Waals surface area contributed by atoms with Crippen molar-refractivity contribution in [2.75, 3.05) is 13.1 Å². The van der Waals surface area contributed by atoms with Crippen LogP contribution in [0.25, 0.3) is 0 Å². The normalized spacial score (nSPS) is 15.4. The third-order valence-corrected chi connectivity index (χ3v) is 4.16. The fourth-order valence-electron chi connectivity index (χ4n) is 2.81. The first-order valence-electron chi connectivity index (χ1n) is 8.51. The zero-order chi connectivity index (χ0) is 17.5. The highest BCUT2D eigenvalue weighted by molar-refractivity contribution is 5.76. The van der Waals surface area contributed by atoms with Crippen molar-refractivity contribution in [3.05, 3.63) is 35.6 Å². The van der Waals surface area contributed by atoms with E-state index in [9.17, 15) is 14.0 Å². The van der Waals surface area contributed by atoms with Gasteiger partial charge < -0.3 is 15.5 Å². The smallest absolute Gasteiger partial charge is 0.315 e. The van der Waals surface area contributed by atoms with E-state index in [0.29, 0.717) is 31.0 Å². The molecule has 0 spiro atoms. The van der Waals surface area contributed by atoms with Crippen LogP contribution >= 0.6 is 0 Å². The van der Waals surface area contributed by atoms with Crippen molar-refractivity contribution in [1.82, 2.24) is 15.5 Å². The molecule has 0 saturated carbocycles. The number of carbonyl (C=O) groups excluding carboxylic acids is 2. The Morgan fingerprint density at radius 3 is 2.54 bits per heavy atom. The molecule has 0 aliphatic carbocycles. The molecule has 1 fully saturated rings. The molecule has 1 aromatic carbocycles. The van der Waals surface area contributed by atoms with Gasteiger partial charge in [0.2, 0.25) is 5.91 Å². The Morgan fingerprint density at radius 2 is 1.92 bits per heavy atom. The second kappa shape index (κ2) is 8.66. The van der Waals surface area contributed by atoms with Crippen LogP contribution in [0, 0.1) is 11.7 Å². The van der Waals surface area contributed by atoms with Crippen LogP contribution in [-0.2, 0) is 11.3 Å². The van der Waals surface area contributed by atoms with Gasteiger partial charge in [-0.05, 0) is 24.8 Å². The van der Waals surface area contributed by atoms with Gasteiger partial charge in [0, 0.05) is 37.7 Å². The number of urea groups is 1. The highest BCUT2D eigenvalue weighted by Gasteiger charge is 2.24. The monoisotopic (exact) mass is 335 g/mol. The van der Waals surface area contributed by atoms with E-state index in [1.165, 1.54) is 6.07 Å². The number of halogens is 1. The van der Waals surface area contributed by atoms with Crippen LogP contribution < -0.4 is 10.6 Å². The van der Waals surface area contributed by atoms with Gasteiger partial charge >= 0.3 is 6.03 Å². The Morgan fingerprint density at radius 1 is 1.25 bits per heavy atom. The minimum absolute atomic E-state index is 0.0497. The van der Waals surface area contributed by atoms with E-state index < -0.39 is 0 Å². The summed E-state index contributed by atoms with van der Waals surface area (Å²) < 4.78 is 13.5. The molecule has 1 saturated heterocycles.